The van der Waals surface area contributed by atoms with Gasteiger partial charge in [-0.25, -0.2) is 0 Å². The normalized spacial score (nSPS) is 11.9. The molecule has 0 saturated heterocycles. The van der Waals surface area contributed by atoms with Gasteiger partial charge < -0.3 is 14.8 Å². The summed E-state index contributed by atoms with van der Waals surface area (Å²) in [6.45, 7) is 3.51. The average Bonchev–Trinajstić information content (AvgIpc) is 2.21. The average molecular weight is 336 g/mol. The highest BCUT2D eigenvalue weighted by molar-refractivity contribution is 6.21. The van der Waals surface area contributed by atoms with Crippen LogP contribution in [0.1, 0.15) is 0 Å². The summed E-state index contributed by atoms with van der Waals surface area (Å²) in [7, 11) is 0. The molecule has 112 valence electrons. The fraction of sp³-hybridized carbons (Fsp3) is 0.333. The Bertz CT molecular complexity index is 445. The first-order valence-electron chi connectivity index (χ1n) is 4.84. The van der Waals surface area contributed by atoms with Crippen LogP contribution in [0.25, 0.3) is 0 Å². The molecule has 1 aromatic heterocycles. The summed E-state index contributed by atoms with van der Waals surface area (Å²) in [5, 5.41) is 2.47. The van der Waals surface area contributed by atoms with Crippen molar-refractivity contribution in [2.45, 2.75) is 11.1 Å². The van der Waals surface area contributed by atoms with Gasteiger partial charge in [-0.1, -0.05) is 6.08 Å². The third-order valence-electron chi connectivity index (χ3n) is 1.52. The molecule has 0 atom stereocenters. The minimum Gasteiger partial charge on any atom is -0.402 e. The van der Waals surface area contributed by atoms with Crippen molar-refractivity contribution in [1.29, 1.82) is 0 Å². The lowest BCUT2D eigenvalue weighted by molar-refractivity contribution is -0.104. The maximum Gasteiger partial charge on any atom is 0.488 e. The lowest BCUT2D eigenvalue weighted by Crippen LogP contribution is -2.20. The van der Waals surface area contributed by atoms with Gasteiger partial charge in [0, 0.05) is 29.7 Å². The molecule has 20 heavy (non-hydrogen) atoms. The van der Waals surface area contributed by atoms with Gasteiger partial charge in [0.1, 0.15) is 0 Å². The number of hydrogen-bond acceptors (Lipinski definition) is 5. The summed E-state index contributed by atoms with van der Waals surface area (Å²) < 4.78 is 57.8. The van der Waals surface area contributed by atoms with Gasteiger partial charge in [-0.3, -0.25) is 0 Å². The van der Waals surface area contributed by atoms with E-state index in [1.54, 1.807) is 0 Å². The van der Waals surface area contributed by atoms with Crippen LogP contribution < -0.4 is 14.8 Å². The maximum absolute atomic E-state index is 12.5. The number of anilines is 1. The molecule has 1 rings (SSSR count). The van der Waals surface area contributed by atoms with Crippen LogP contribution >= 0.6 is 23.2 Å². The molecule has 5 nitrogen and oxygen atoms in total. The first-order chi connectivity index (χ1) is 9.09. The molecular formula is C9H7Cl2F4N3O2. The van der Waals surface area contributed by atoms with E-state index in [0.717, 1.165) is 0 Å². The van der Waals surface area contributed by atoms with Crippen LogP contribution in [0, 0.1) is 0 Å². The van der Waals surface area contributed by atoms with Crippen molar-refractivity contribution in [3.05, 3.63) is 18.7 Å². The minimum atomic E-state index is -4.08. The fourth-order valence-electron chi connectivity index (χ4n) is 0.988. The van der Waals surface area contributed by atoms with Crippen LogP contribution in [-0.2, 0) is 0 Å². The predicted octanol–water partition coefficient (Wildman–Crippen LogP) is 3.41. The van der Waals surface area contributed by atoms with Gasteiger partial charge in [0.2, 0.25) is 17.7 Å². The molecule has 1 N–H and O–H groups in total. The Morgan fingerprint density at radius 1 is 1.15 bits per heavy atom. The number of ether oxygens (including phenoxy) is 2. The van der Waals surface area contributed by atoms with Gasteiger partial charge in [0.15, 0.2) is 0 Å². The van der Waals surface area contributed by atoms with Crippen molar-refractivity contribution in [2.75, 3.05) is 11.9 Å². The molecule has 0 fully saturated rings. The Balaban J connectivity index is 3.03. The van der Waals surface area contributed by atoms with Crippen LogP contribution in [-0.4, -0.2) is 27.6 Å². The number of nitrogens with one attached hydrogen (secondary N) is 1. The highest BCUT2D eigenvalue weighted by Crippen LogP contribution is 2.29. The second kappa shape index (κ2) is 6.31. The van der Waals surface area contributed by atoms with E-state index in [1.165, 1.54) is 6.08 Å². The first-order valence-corrected chi connectivity index (χ1v) is 5.60. The second-order valence-corrected chi connectivity index (χ2v) is 4.01. The lowest BCUT2D eigenvalue weighted by Gasteiger charge is -2.14. The highest BCUT2D eigenvalue weighted by atomic mass is 35.5. The SMILES string of the molecule is C=CCNc1nc(OC(F)(F)Cl)cc(OC(F)(F)Cl)n1. The molecule has 0 saturated carbocycles. The van der Waals surface area contributed by atoms with Crippen molar-refractivity contribution in [3.63, 3.8) is 0 Å². The van der Waals surface area contributed by atoms with E-state index in [9.17, 15) is 17.6 Å². The molecule has 0 unspecified atom stereocenters. The van der Waals surface area contributed by atoms with Gasteiger partial charge in [0.25, 0.3) is 0 Å². The van der Waals surface area contributed by atoms with Gasteiger partial charge in [-0.2, -0.15) is 9.97 Å². The third kappa shape index (κ3) is 6.62. The van der Waals surface area contributed by atoms with Gasteiger partial charge in [-0.15, -0.1) is 24.1 Å². The molecule has 0 aliphatic heterocycles. The number of aromatic nitrogens is 2. The van der Waals surface area contributed by atoms with E-state index in [2.05, 4.69) is 54.5 Å². The Labute approximate surface area is 120 Å². The van der Waals surface area contributed by atoms with E-state index in [0.29, 0.717) is 6.07 Å². The van der Waals surface area contributed by atoms with Crippen molar-refractivity contribution in [3.8, 4) is 11.8 Å². The zero-order chi connectivity index (χ0) is 15.4. The predicted molar refractivity (Wildman–Crippen MR) is 63.6 cm³/mol. The molecule has 11 heteroatoms. The summed E-state index contributed by atoms with van der Waals surface area (Å²) in [6, 6.07) is 0.575. The number of halogens is 6. The van der Waals surface area contributed by atoms with Gasteiger partial charge >= 0.3 is 11.1 Å². The summed E-state index contributed by atoms with van der Waals surface area (Å²) in [5.74, 6) is -1.90. The number of hydrogen-bond donors (Lipinski definition) is 1. The lowest BCUT2D eigenvalue weighted by atomic mass is 10.5. The van der Waals surface area contributed by atoms with Crippen molar-refractivity contribution in [1.82, 2.24) is 9.97 Å². The second-order valence-electron chi connectivity index (χ2n) is 3.13. The molecule has 1 aromatic rings. The van der Waals surface area contributed by atoms with Crippen molar-refractivity contribution >= 4 is 29.2 Å². The standard InChI is InChI=1S/C9H7Cl2F4N3O2/c1-2-3-16-7-17-5(19-8(10,12)13)4-6(18-7)20-9(11,14)15/h2,4H,1,3H2,(H,16,17,18). The van der Waals surface area contributed by atoms with Crippen LogP contribution in [0.4, 0.5) is 23.5 Å². The molecule has 0 radical (unpaired) electrons. The molecule has 0 spiro atoms. The number of alkyl halides is 6. The summed E-state index contributed by atoms with van der Waals surface area (Å²) in [4.78, 5) is 6.92. The monoisotopic (exact) mass is 335 g/mol. The molecule has 0 aromatic carbocycles. The Hall–Kier alpha value is -1.48. The molecule has 0 aliphatic carbocycles. The number of rotatable bonds is 7. The highest BCUT2D eigenvalue weighted by Gasteiger charge is 2.31. The zero-order valence-corrected chi connectivity index (χ0v) is 11.1. The Kier molecular flexibility index (Phi) is 5.23. The molecule has 0 aliphatic rings. The van der Waals surface area contributed by atoms with Crippen LogP contribution in [0.3, 0.4) is 0 Å². The minimum absolute atomic E-state index is 0.136. The smallest absolute Gasteiger partial charge is 0.402 e. The van der Waals surface area contributed by atoms with Gasteiger partial charge in [-0.05, 0) is 0 Å². The quantitative estimate of drug-likeness (QED) is 0.470. The van der Waals surface area contributed by atoms with E-state index in [1.807, 2.05) is 0 Å². The molecule has 1 heterocycles. The van der Waals surface area contributed by atoms with E-state index in [4.69, 9.17) is 0 Å². The van der Waals surface area contributed by atoms with Crippen LogP contribution in [0.15, 0.2) is 18.7 Å². The topological polar surface area (TPSA) is 56.3 Å². The first kappa shape index (κ1) is 16.6. The number of nitrogens with zero attached hydrogens (tertiary/aromatic N) is 2. The van der Waals surface area contributed by atoms with Crippen molar-refractivity contribution < 1.29 is 27.0 Å². The van der Waals surface area contributed by atoms with Crippen LogP contribution in [0.2, 0.25) is 0 Å². The summed E-state index contributed by atoms with van der Waals surface area (Å²) in [6.07, 6.45) is 1.39. The zero-order valence-electron chi connectivity index (χ0n) is 9.55. The van der Waals surface area contributed by atoms with Gasteiger partial charge in [0.05, 0.1) is 6.07 Å². The van der Waals surface area contributed by atoms with Crippen molar-refractivity contribution in [2.24, 2.45) is 0 Å². The van der Waals surface area contributed by atoms with Crippen LogP contribution in [0.5, 0.6) is 11.8 Å². The summed E-state index contributed by atoms with van der Waals surface area (Å²) in [5.41, 5.74) is -8.16. The largest absolute Gasteiger partial charge is 0.488 e. The molecule has 0 amide bonds. The molecule has 0 bridgehead atoms. The van der Waals surface area contributed by atoms with E-state index in [-0.39, 0.29) is 12.5 Å². The van der Waals surface area contributed by atoms with E-state index < -0.39 is 22.9 Å². The molecular weight excluding hydrogens is 329 g/mol. The Morgan fingerprint density at radius 2 is 1.60 bits per heavy atom. The Morgan fingerprint density at radius 3 is 1.95 bits per heavy atom. The maximum atomic E-state index is 12.5. The van der Waals surface area contributed by atoms with E-state index >= 15 is 0 Å². The third-order valence-corrected chi connectivity index (χ3v) is 1.68. The summed E-state index contributed by atoms with van der Waals surface area (Å²) >= 11 is 9.08. The fourth-order valence-corrected chi connectivity index (χ4v) is 1.15.